The third-order valence-corrected chi connectivity index (χ3v) is 6.06. The van der Waals surface area contributed by atoms with Crippen molar-refractivity contribution < 1.29 is 14.6 Å². The van der Waals surface area contributed by atoms with Gasteiger partial charge >= 0.3 is 0 Å². The average molecular weight is 420 g/mol. The SMILES string of the molecule is COc1cc2nn([C@H]3CC[C@H](CO)CC3)cc2cc1NC(=O)c1cnn2cccnc12. The average Bonchev–Trinajstić information content (AvgIpc) is 3.42. The van der Waals surface area contributed by atoms with Gasteiger partial charge in [-0.3, -0.25) is 9.48 Å². The first-order valence-corrected chi connectivity index (χ1v) is 10.4. The Morgan fingerprint density at radius 1 is 1.29 bits per heavy atom. The molecule has 160 valence electrons. The van der Waals surface area contributed by atoms with Crippen molar-refractivity contribution in [3.63, 3.8) is 0 Å². The number of carbonyl (C=O) groups is 1. The number of hydrogen-bond acceptors (Lipinski definition) is 6. The third kappa shape index (κ3) is 3.61. The van der Waals surface area contributed by atoms with Crippen molar-refractivity contribution in [3.8, 4) is 5.75 Å². The van der Waals surface area contributed by atoms with Crippen molar-refractivity contribution in [2.75, 3.05) is 19.0 Å². The quantitative estimate of drug-likeness (QED) is 0.514. The van der Waals surface area contributed by atoms with Crippen LogP contribution >= 0.6 is 0 Å². The number of rotatable bonds is 5. The molecule has 2 N–H and O–H groups in total. The number of aliphatic hydroxyl groups excluding tert-OH is 1. The number of amides is 1. The number of aliphatic hydroxyl groups is 1. The first kappa shape index (κ1) is 19.5. The predicted molar refractivity (Wildman–Crippen MR) is 115 cm³/mol. The second-order valence-corrected chi connectivity index (χ2v) is 7.98. The van der Waals surface area contributed by atoms with E-state index in [0.717, 1.165) is 36.6 Å². The van der Waals surface area contributed by atoms with Gasteiger partial charge in [-0.2, -0.15) is 10.2 Å². The Bertz CT molecular complexity index is 1240. The molecule has 9 nitrogen and oxygen atoms in total. The summed E-state index contributed by atoms with van der Waals surface area (Å²) in [6.07, 6.45) is 10.9. The molecule has 3 aromatic heterocycles. The number of hydrogen-bond donors (Lipinski definition) is 2. The van der Waals surface area contributed by atoms with Crippen molar-refractivity contribution in [2.24, 2.45) is 5.92 Å². The summed E-state index contributed by atoms with van der Waals surface area (Å²) >= 11 is 0. The Morgan fingerprint density at radius 3 is 2.90 bits per heavy atom. The van der Waals surface area contributed by atoms with Crippen LogP contribution in [0.5, 0.6) is 5.75 Å². The standard InChI is InChI=1S/C22H24N6O3/c1-31-20-10-18-15(12-28(26-18)16-5-3-14(13-29)4-6-16)9-19(20)25-22(30)17-11-24-27-8-2-7-23-21(17)27/h2,7-12,14,16,29H,3-6,13H2,1H3,(H,25,30)/t14-,16-. The van der Waals surface area contributed by atoms with E-state index in [1.54, 1.807) is 30.1 Å². The van der Waals surface area contributed by atoms with E-state index in [0.29, 0.717) is 34.6 Å². The number of benzene rings is 1. The zero-order valence-electron chi connectivity index (χ0n) is 17.2. The smallest absolute Gasteiger partial charge is 0.261 e. The number of carbonyl (C=O) groups excluding carboxylic acids is 1. The maximum absolute atomic E-state index is 12.9. The van der Waals surface area contributed by atoms with Crippen LogP contribution in [0.25, 0.3) is 16.6 Å². The van der Waals surface area contributed by atoms with E-state index >= 15 is 0 Å². The Hall–Kier alpha value is -3.46. The van der Waals surface area contributed by atoms with Gasteiger partial charge in [-0.05, 0) is 43.7 Å². The summed E-state index contributed by atoms with van der Waals surface area (Å²) in [5.41, 5.74) is 2.26. The number of ether oxygens (including phenoxy) is 1. The molecular weight excluding hydrogens is 396 g/mol. The molecule has 1 aliphatic carbocycles. The van der Waals surface area contributed by atoms with Crippen LogP contribution in [0, 0.1) is 5.92 Å². The highest BCUT2D eigenvalue weighted by Crippen LogP contribution is 2.35. The van der Waals surface area contributed by atoms with Crippen molar-refractivity contribution in [1.29, 1.82) is 0 Å². The number of nitrogens with one attached hydrogen (secondary N) is 1. The lowest BCUT2D eigenvalue weighted by atomic mass is 9.87. The summed E-state index contributed by atoms with van der Waals surface area (Å²) in [5.74, 6) is 0.637. The second-order valence-electron chi connectivity index (χ2n) is 7.98. The first-order chi connectivity index (χ1) is 15.2. The minimum absolute atomic E-state index is 0.260. The summed E-state index contributed by atoms with van der Waals surface area (Å²) in [5, 5.41) is 22.1. The zero-order chi connectivity index (χ0) is 21.4. The lowest BCUT2D eigenvalue weighted by Crippen LogP contribution is -2.20. The van der Waals surface area contributed by atoms with E-state index in [-0.39, 0.29) is 12.5 Å². The highest BCUT2D eigenvalue weighted by atomic mass is 16.5. The summed E-state index contributed by atoms with van der Waals surface area (Å²) in [6.45, 7) is 0.260. The lowest BCUT2D eigenvalue weighted by molar-refractivity contribution is 0.102. The van der Waals surface area contributed by atoms with E-state index in [2.05, 4.69) is 15.4 Å². The maximum Gasteiger partial charge on any atom is 0.261 e. The Balaban J connectivity index is 1.42. The van der Waals surface area contributed by atoms with Crippen LogP contribution in [-0.4, -0.2) is 49.1 Å². The van der Waals surface area contributed by atoms with E-state index < -0.39 is 0 Å². The van der Waals surface area contributed by atoms with Gasteiger partial charge in [-0.1, -0.05) is 0 Å². The van der Waals surface area contributed by atoms with Gasteiger partial charge in [0.05, 0.1) is 30.6 Å². The molecule has 0 spiro atoms. The molecule has 1 saturated carbocycles. The molecule has 31 heavy (non-hydrogen) atoms. The normalized spacial score (nSPS) is 19.0. The summed E-state index contributed by atoms with van der Waals surface area (Å²) < 4.78 is 9.09. The summed E-state index contributed by atoms with van der Waals surface area (Å²) in [6, 6.07) is 5.81. The number of methoxy groups -OCH3 is 1. The molecule has 1 amide bonds. The third-order valence-electron chi connectivity index (χ3n) is 6.06. The molecule has 0 atom stereocenters. The van der Waals surface area contributed by atoms with Crippen LogP contribution in [0.15, 0.2) is 43.0 Å². The van der Waals surface area contributed by atoms with Gasteiger partial charge in [0, 0.05) is 36.7 Å². The molecule has 0 saturated heterocycles. The van der Waals surface area contributed by atoms with E-state index in [9.17, 15) is 9.90 Å². The minimum atomic E-state index is -0.305. The lowest BCUT2D eigenvalue weighted by Gasteiger charge is -2.27. The Labute approximate surface area is 178 Å². The molecule has 4 aromatic rings. The number of fused-ring (bicyclic) bond motifs is 2. The van der Waals surface area contributed by atoms with Gasteiger partial charge in [0.1, 0.15) is 11.3 Å². The van der Waals surface area contributed by atoms with Crippen LogP contribution < -0.4 is 10.1 Å². The van der Waals surface area contributed by atoms with Crippen molar-refractivity contribution in [3.05, 3.63) is 48.5 Å². The number of anilines is 1. The minimum Gasteiger partial charge on any atom is -0.494 e. The summed E-state index contributed by atoms with van der Waals surface area (Å²) in [4.78, 5) is 17.1. The first-order valence-electron chi connectivity index (χ1n) is 10.4. The molecular formula is C22H24N6O3. The van der Waals surface area contributed by atoms with Gasteiger partial charge in [0.15, 0.2) is 5.65 Å². The highest BCUT2D eigenvalue weighted by molar-refractivity contribution is 6.09. The fraction of sp³-hybridized carbons (Fsp3) is 0.364. The van der Waals surface area contributed by atoms with E-state index in [4.69, 9.17) is 9.84 Å². The maximum atomic E-state index is 12.9. The molecule has 9 heteroatoms. The second kappa shape index (κ2) is 7.99. The van der Waals surface area contributed by atoms with Crippen molar-refractivity contribution in [2.45, 2.75) is 31.7 Å². The van der Waals surface area contributed by atoms with Crippen LogP contribution in [0.1, 0.15) is 42.1 Å². The molecule has 1 aliphatic rings. The molecule has 0 aliphatic heterocycles. The molecule has 1 aromatic carbocycles. The number of aromatic nitrogens is 5. The largest absolute Gasteiger partial charge is 0.494 e. The zero-order valence-corrected chi connectivity index (χ0v) is 17.2. The van der Waals surface area contributed by atoms with Crippen LogP contribution in [-0.2, 0) is 0 Å². The monoisotopic (exact) mass is 420 g/mol. The molecule has 0 unspecified atom stereocenters. The molecule has 0 bridgehead atoms. The van der Waals surface area contributed by atoms with E-state index in [1.807, 2.05) is 23.0 Å². The fourth-order valence-electron chi connectivity index (χ4n) is 4.29. The van der Waals surface area contributed by atoms with Gasteiger partial charge in [-0.15, -0.1) is 0 Å². The highest BCUT2D eigenvalue weighted by Gasteiger charge is 2.23. The van der Waals surface area contributed by atoms with Crippen LogP contribution in [0.3, 0.4) is 0 Å². The molecule has 5 rings (SSSR count). The van der Waals surface area contributed by atoms with Gasteiger partial charge in [0.2, 0.25) is 0 Å². The summed E-state index contributed by atoms with van der Waals surface area (Å²) in [7, 11) is 1.57. The van der Waals surface area contributed by atoms with Gasteiger partial charge in [-0.25, -0.2) is 9.50 Å². The van der Waals surface area contributed by atoms with Crippen molar-refractivity contribution >= 4 is 28.1 Å². The molecule has 3 heterocycles. The van der Waals surface area contributed by atoms with Crippen molar-refractivity contribution in [1.82, 2.24) is 24.4 Å². The predicted octanol–water partition coefficient (Wildman–Crippen LogP) is 3.06. The number of nitrogens with zero attached hydrogens (tertiary/aromatic N) is 5. The van der Waals surface area contributed by atoms with Gasteiger partial charge < -0.3 is 15.2 Å². The molecule has 1 fully saturated rings. The molecule has 0 radical (unpaired) electrons. The Morgan fingerprint density at radius 2 is 2.13 bits per heavy atom. The van der Waals surface area contributed by atoms with E-state index in [1.165, 1.54) is 6.20 Å². The Kier molecular flexibility index (Phi) is 5.03. The topological polar surface area (TPSA) is 107 Å². The van der Waals surface area contributed by atoms with Gasteiger partial charge in [0.25, 0.3) is 5.91 Å². The van der Waals surface area contributed by atoms with Crippen LogP contribution in [0.4, 0.5) is 5.69 Å². The van der Waals surface area contributed by atoms with Crippen LogP contribution in [0.2, 0.25) is 0 Å². The fourth-order valence-corrected chi connectivity index (χ4v) is 4.29.